The number of amides is 1. The molecule has 0 radical (unpaired) electrons. The van der Waals surface area contributed by atoms with Gasteiger partial charge in [-0.1, -0.05) is 42.5 Å². The molecular weight excluding hydrogens is 331 g/mol. The number of nitrogens with zero attached hydrogens (tertiary/aromatic N) is 1. The topological polar surface area (TPSA) is 29.5 Å². The number of carbonyl (C=O) groups excluding carboxylic acids is 1. The molecular formula is C19H20F3NO2. The largest absolute Gasteiger partial charge is 0.389 e. The van der Waals surface area contributed by atoms with Crippen LogP contribution >= 0.6 is 0 Å². The van der Waals surface area contributed by atoms with E-state index in [1.807, 2.05) is 42.5 Å². The van der Waals surface area contributed by atoms with Crippen molar-refractivity contribution in [2.24, 2.45) is 0 Å². The lowest BCUT2D eigenvalue weighted by Crippen LogP contribution is -2.46. The number of rotatable bonds is 4. The molecule has 25 heavy (non-hydrogen) atoms. The summed E-state index contributed by atoms with van der Waals surface area (Å²) in [4.78, 5) is 13.5. The highest BCUT2D eigenvalue weighted by Gasteiger charge is 2.31. The molecule has 1 atom stereocenters. The van der Waals surface area contributed by atoms with Crippen molar-refractivity contribution >= 4 is 16.7 Å². The van der Waals surface area contributed by atoms with Crippen molar-refractivity contribution in [3.8, 4) is 0 Å². The van der Waals surface area contributed by atoms with E-state index in [2.05, 4.69) is 0 Å². The molecule has 0 saturated carbocycles. The van der Waals surface area contributed by atoms with Crippen molar-refractivity contribution < 1.29 is 22.7 Å². The summed E-state index contributed by atoms with van der Waals surface area (Å²) in [5.41, 5.74) is 1.12. The Morgan fingerprint density at radius 2 is 1.92 bits per heavy atom. The van der Waals surface area contributed by atoms with E-state index in [1.54, 1.807) is 0 Å². The normalized spacial score (nSPS) is 18.5. The van der Waals surface area contributed by atoms with Crippen molar-refractivity contribution in [3.05, 3.63) is 48.0 Å². The highest BCUT2D eigenvalue weighted by atomic mass is 19.4. The minimum absolute atomic E-state index is 0.200. The van der Waals surface area contributed by atoms with Gasteiger partial charge in [-0.2, -0.15) is 13.2 Å². The molecule has 1 heterocycles. The molecule has 2 aromatic carbocycles. The van der Waals surface area contributed by atoms with Gasteiger partial charge in [0, 0.05) is 25.9 Å². The number of fused-ring (bicyclic) bond motifs is 1. The average molecular weight is 351 g/mol. The molecule has 134 valence electrons. The smallest absolute Gasteiger partial charge is 0.374 e. The minimum Gasteiger partial charge on any atom is -0.374 e. The van der Waals surface area contributed by atoms with Crippen LogP contribution in [-0.2, 0) is 16.0 Å². The van der Waals surface area contributed by atoms with Gasteiger partial charge in [0.15, 0.2) is 0 Å². The Morgan fingerprint density at radius 3 is 2.72 bits per heavy atom. The lowest BCUT2D eigenvalue weighted by molar-refractivity contribution is -0.153. The maximum atomic E-state index is 12.3. The summed E-state index contributed by atoms with van der Waals surface area (Å²) in [5.74, 6) is -0.455. The third-order valence-corrected chi connectivity index (χ3v) is 4.44. The fraction of sp³-hybridized carbons (Fsp3) is 0.421. The van der Waals surface area contributed by atoms with Crippen molar-refractivity contribution in [1.29, 1.82) is 0 Å². The molecule has 0 bridgehead atoms. The predicted molar refractivity (Wildman–Crippen MR) is 89.3 cm³/mol. The summed E-state index contributed by atoms with van der Waals surface area (Å²) in [7, 11) is 0. The van der Waals surface area contributed by atoms with E-state index >= 15 is 0 Å². The number of hydrogen-bond acceptors (Lipinski definition) is 2. The van der Waals surface area contributed by atoms with Gasteiger partial charge in [-0.3, -0.25) is 4.79 Å². The zero-order chi connectivity index (χ0) is 17.9. The van der Waals surface area contributed by atoms with Crippen LogP contribution in [0.15, 0.2) is 42.5 Å². The summed E-state index contributed by atoms with van der Waals surface area (Å²) in [6.45, 7) is 1.04. The van der Waals surface area contributed by atoms with Gasteiger partial charge < -0.3 is 9.64 Å². The molecule has 6 heteroatoms. The first-order chi connectivity index (χ1) is 11.9. The number of carbonyl (C=O) groups is 1. The molecule has 3 rings (SSSR count). The van der Waals surface area contributed by atoms with Crippen LogP contribution in [0, 0.1) is 0 Å². The monoisotopic (exact) mass is 351 g/mol. The van der Waals surface area contributed by atoms with Crippen LogP contribution in [0.4, 0.5) is 13.2 Å². The molecule has 2 aromatic rings. The zero-order valence-corrected chi connectivity index (χ0v) is 13.8. The molecule has 1 amide bonds. The van der Waals surface area contributed by atoms with Crippen LogP contribution in [0.2, 0.25) is 0 Å². The van der Waals surface area contributed by atoms with E-state index in [9.17, 15) is 18.0 Å². The molecule has 1 fully saturated rings. The summed E-state index contributed by atoms with van der Waals surface area (Å²) in [6, 6.07) is 14.1. The van der Waals surface area contributed by atoms with E-state index in [0.717, 1.165) is 16.3 Å². The third kappa shape index (κ3) is 4.72. The van der Waals surface area contributed by atoms with Crippen molar-refractivity contribution in [1.82, 2.24) is 4.90 Å². The zero-order valence-electron chi connectivity index (χ0n) is 13.8. The molecule has 1 aliphatic heterocycles. The number of ether oxygens (including phenoxy) is 1. The van der Waals surface area contributed by atoms with Gasteiger partial charge in [-0.25, -0.2) is 0 Å². The first-order valence-corrected chi connectivity index (χ1v) is 8.35. The van der Waals surface area contributed by atoms with Crippen LogP contribution in [0.25, 0.3) is 10.8 Å². The van der Waals surface area contributed by atoms with Gasteiger partial charge in [-0.15, -0.1) is 0 Å². The fourth-order valence-corrected chi connectivity index (χ4v) is 3.19. The van der Waals surface area contributed by atoms with Crippen LogP contribution in [-0.4, -0.2) is 42.8 Å². The first-order valence-electron chi connectivity index (χ1n) is 8.35. The Labute approximate surface area is 144 Å². The Hall–Kier alpha value is -2.08. The van der Waals surface area contributed by atoms with Crippen molar-refractivity contribution in [2.45, 2.75) is 31.5 Å². The highest BCUT2D eigenvalue weighted by Crippen LogP contribution is 2.24. The van der Waals surface area contributed by atoms with E-state index in [-0.39, 0.29) is 6.10 Å². The Morgan fingerprint density at radius 1 is 1.16 bits per heavy atom. The second-order valence-electron chi connectivity index (χ2n) is 6.29. The number of benzene rings is 2. The second-order valence-corrected chi connectivity index (χ2v) is 6.29. The summed E-state index contributed by atoms with van der Waals surface area (Å²) < 4.78 is 42.6. The Balaban J connectivity index is 1.64. The Kier molecular flexibility index (Phi) is 5.27. The summed E-state index contributed by atoms with van der Waals surface area (Å²) >= 11 is 0. The van der Waals surface area contributed by atoms with E-state index in [4.69, 9.17) is 4.74 Å². The first kappa shape index (κ1) is 17.7. The molecule has 1 aliphatic rings. The minimum atomic E-state index is -4.30. The average Bonchev–Trinajstić information content (AvgIpc) is 2.60. The second kappa shape index (κ2) is 7.44. The Bertz CT molecular complexity index is 740. The summed E-state index contributed by atoms with van der Waals surface area (Å²) in [5, 5.41) is 2.27. The maximum Gasteiger partial charge on any atom is 0.389 e. The van der Waals surface area contributed by atoms with Gasteiger partial charge >= 0.3 is 6.18 Å². The number of morpholine rings is 1. The molecule has 1 unspecified atom stereocenters. The number of halogens is 3. The molecule has 3 nitrogen and oxygen atoms in total. The molecule has 0 aliphatic carbocycles. The van der Waals surface area contributed by atoms with Crippen LogP contribution in [0.3, 0.4) is 0 Å². The lowest BCUT2D eigenvalue weighted by atomic mass is 9.99. The lowest BCUT2D eigenvalue weighted by Gasteiger charge is -2.33. The number of alkyl halides is 3. The highest BCUT2D eigenvalue weighted by molar-refractivity contribution is 5.85. The van der Waals surface area contributed by atoms with E-state index in [0.29, 0.717) is 26.1 Å². The quantitative estimate of drug-likeness (QED) is 0.835. The van der Waals surface area contributed by atoms with Gasteiger partial charge in [0.1, 0.15) is 0 Å². The van der Waals surface area contributed by atoms with Crippen LogP contribution in [0.5, 0.6) is 0 Å². The van der Waals surface area contributed by atoms with Crippen LogP contribution < -0.4 is 0 Å². The number of hydrogen-bond donors (Lipinski definition) is 0. The third-order valence-electron chi connectivity index (χ3n) is 4.44. The standard InChI is InChI=1S/C19H20F3NO2/c20-19(21,22)9-8-18(24)23-10-11-25-16(13-23)12-15-6-3-5-14-4-1-2-7-17(14)15/h1-7,16H,8-13H2. The van der Waals surface area contributed by atoms with Gasteiger partial charge in [-0.05, 0) is 16.3 Å². The molecule has 0 aromatic heterocycles. The van der Waals surface area contributed by atoms with E-state index < -0.39 is 24.9 Å². The van der Waals surface area contributed by atoms with Gasteiger partial charge in [0.05, 0.1) is 19.1 Å². The molecule has 0 spiro atoms. The van der Waals surface area contributed by atoms with Crippen molar-refractivity contribution in [2.75, 3.05) is 19.7 Å². The molecule has 0 N–H and O–H groups in total. The van der Waals surface area contributed by atoms with Gasteiger partial charge in [0.2, 0.25) is 5.91 Å². The fourth-order valence-electron chi connectivity index (χ4n) is 3.19. The summed E-state index contributed by atoms with van der Waals surface area (Å²) in [6.07, 6.45) is -5.44. The predicted octanol–water partition coefficient (Wildman–Crippen LogP) is 3.95. The van der Waals surface area contributed by atoms with Gasteiger partial charge in [0.25, 0.3) is 0 Å². The maximum absolute atomic E-state index is 12.3. The van der Waals surface area contributed by atoms with E-state index in [1.165, 1.54) is 4.90 Å². The SMILES string of the molecule is O=C(CCC(F)(F)F)N1CCOC(Cc2cccc3ccccc23)C1. The molecule has 1 saturated heterocycles. The van der Waals surface area contributed by atoms with Crippen LogP contribution in [0.1, 0.15) is 18.4 Å². The van der Waals surface area contributed by atoms with Crippen molar-refractivity contribution in [3.63, 3.8) is 0 Å².